The van der Waals surface area contributed by atoms with Crippen LogP contribution in [-0.2, 0) is 17.6 Å². The first-order chi connectivity index (χ1) is 10.0. The third-order valence-corrected chi connectivity index (χ3v) is 3.85. The van der Waals surface area contributed by atoms with Gasteiger partial charge in [0.2, 0.25) is 0 Å². The Morgan fingerprint density at radius 2 is 1.90 bits per heavy atom. The summed E-state index contributed by atoms with van der Waals surface area (Å²) in [4.78, 5) is 0. The zero-order chi connectivity index (χ0) is 14.9. The molecule has 112 valence electrons. The van der Waals surface area contributed by atoms with Gasteiger partial charge in [-0.2, -0.15) is 0 Å². The van der Waals surface area contributed by atoms with E-state index in [4.69, 9.17) is 9.15 Å². The molecule has 0 unspecified atom stereocenters. The maximum atomic E-state index is 6.19. The standard InChI is InChI=1S/C19H24O2/c1-19(2,3)21-16-10-7-11-17-15(12-16)13-18(20-17)14-8-5-4-6-9-14/h4-6,8-9,13,16H,7,10-12H2,1-3H3/t16-/m1/s1. The normalized spacial score (nSPS) is 19.1. The Morgan fingerprint density at radius 3 is 2.62 bits per heavy atom. The second-order valence-corrected chi connectivity index (χ2v) is 6.87. The molecule has 0 N–H and O–H groups in total. The molecule has 0 bridgehead atoms. The molecule has 0 spiro atoms. The number of hydrogen-bond donors (Lipinski definition) is 0. The van der Waals surface area contributed by atoms with Crippen LogP contribution in [0.15, 0.2) is 40.8 Å². The van der Waals surface area contributed by atoms with Gasteiger partial charge in [-0.1, -0.05) is 30.3 Å². The van der Waals surface area contributed by atoms with Crippen molar-refractivity contribution in [3.05, 3.63) is 47.7 Å². The van der Waals surface area contributed by atoms with Crippen molar-refractivity contribution in [3.63, 3.8) is 0 Å². The molecule has 1 heterocycles. The summed E-state index contributed by atoms with van der Waals surface area (Å²) in [6, 6.07) is 12.5. The van der Waals surface area contributed by atoms with Crippen molar-refractivity contribution >= 4 is 0 Å². The predicted molar refractivity (Wildman–Crippen MR) is 85.4 cm³/mol. The Labute approximate surface area is 127 Å². The molecule has 1 aliphatic rings. The van der Waals surface area contributed by atoms with Crippen molar-refractivity contribution in [2.45, 2.75) is 58.2 Å². The van der Waals surface area contributed by atoms with Gasteiger partial charge in [0.1, 0.15) is 11.5 Å². The highest BCUT2D eigenvalue weighted by atomic mass is 16.5. The monoisotopic (exact) mass is 284 g/mol. The lowest BCUT2D eigenvalue weighted by Gasteiger charge is -2.26. The van der Waals surface area contributed by atoms with E-state index < -0.39 is 0 Å². The molecule has 1 aromatic heterocycles. The third kappa shape index (κ3) is 3.56. The van der Waals surface area contributed by atoms with Gasteiger partial charge >= 0.3 is 0 Å². The van der Waals surface area contributed by atoms with Crippen molar-refractivity contribution in [3.8, 4) is 11.3 Å². The summed E-state index contributed by atoms with van der Waals surface area (Å²) in [5.41, 5.74) is 2.39. The summed E-state index contributed by atoms with van der Waals surface area (Å²) in [7, 11) is 0. The number of fused-ring (bicyclic) bond motifs is 1. The number of benzene rings is 1. The fourth-order valence-electron chi connectivity index (χ4n) is 3.03. The van der Waals surface area contributed by atoms with Gasteiger partial charge in [0.15, 0.2) is 0 Å². The van der Waals surface area contributed by atoms with Gasteiger partial charge in [0.05, 0.1) is 11.7 Å². The first-order valence-electron chi connectivity index (χ1n) is 7.86. The fraction of sp³-hybridized carbons (Fsp3) is 0.474. The lowest BCUT2D eigenvalue weighted by molar-refractivity contribution is -0.0620. The number of rotatable bonds is 2. The lowest BCUT2D eigenvalue weighted by atomic mass is 10.1. The topological polar surface area (TPSA) is 22.4 Å². The van der Waals surface area contributed by atoms with Crippen LogP contribution in [0.2, 0.25) is 0 Å². The molecule has 3 rings (SSSR count). The van der Waals surface area contributed by atoms with Crippen LogP contribution in [0, 0.1) is 0 Å². The molecule has 2 aromatic rings. The van der Waals surface area contributed by atoms with Crippen molar-refractivity contribution < 1.29 is 9.15 Å². The average molecular weight is 284 g/mol. The molecule has 2 heteroatoms. The van der Waals surface area contributed by atoms with E-state index in [1.807, 2.05) is 6.07 Å². The highest BCUT2D eigenvalue weighted by Crippen LogP contribution is 2.31. The van der Waals surface area contributed by atoms with Crippen LogP contribution in [0.3, 0.4) is 0 Å². The van der Waals surface area contributed by atoms with E-state index in [1.165, 1.54) is 5.56 Å². The molecule has 0 aliphatic heterocycles. The molecule has 0 saturated carbocycles. The minimum absolute atomic E-state index is 0.0822. The average Bonchev–Trinajstić information content (AvgIpc) is 2.72. The minimum Gasteiger partial charge on any atom is -0.461 e. The van der Waals surface area contributed by atoms with Gasteiger partial charge in [-0.25, -0.2) is 0 Å². The maximum absolute atomic E-state index is 6.19. The summed E-state index contributed by atoms with van der Waals surface area (Å²) < 4.78 is 12.3. The fourth-order valence-corrected chi connectivity index (χ4v) is 3.03. The van der Waals surface area contributed by atoms with Crippen LogP contribution in [0.25, 0.3) is 11.3 Å². The molecule has 1 aliphatic carbocycles. The molecule has 0 amide bonds. The minimum atomic E-state index is -0.0822. The smallest absolute Gasteiger partial charge is 0.134 e. The Balaban J connectivity index is 1.83. The molecule has 1 aromatic carbocycles. The molecule has 0 saturated heterocycles. The molecule has 2 nitrogen and oxygen atoms in total. The zero-order valence-corrected chi connectivity index (χ0v) is 13.2. The number of aryl methyl sites for hydroxylation is 1. The van der Waals surface area contributed by atoms with E-state index in [9.17, 15) is 0 Å². The number of furan rings is 1. The van der Waals surface area contributed by atoms with Crippen molar-refractivity contribution in [2.75, 3.05) is 0 Å². The summed E-state index contributed by atoms with van der Waals surface area (Å²) >= 11 is 0. The van der Waals surface area contributed by atoms with Crippen molar-refractivity contribution in [1.29, 1.82) is 0 Å². The molecule has 0 radical (unpaired) electrons. The van der Waals surface area contributed by atoms with E-state index in [-0.39, 0.29) is 5.60 Å². The van der Waals surface area contributed by atoms with Crippen LogP contribution in [-0.4, -0.2) is 11.7 Å². The summed E-state index contributed by atoms with van der Waals surface area (Å²) in [6.45, 7) is 6.39. The first kappa shape index (κ1) is 14.4. The molecule has 1 atom stereocenters. The van der Waals surface area contributed by atoms with E-state index in [2.05, 4.69) is 51.1 Å². The number of ether oxygens (including phenoxy) is 1. The van der Waals surface area contributed by atoms with Gasteiger partial charge in [-0.3, -0.25) is 0 Å². The Morgan fingerprint density at radius 1 is 1.14 bits per heavy atom. The van der Waals surface area contributed by atoms with E-state index in [0.717, 1.165) is 42.8 Å². The Hall–Kier alpha value is -1.54. The summed E-state index contributed by atoms with van der Waals surface area (Å²) in [6.07, 6.45) is 4.53. The quantitative estimate of drug-likeness (QED) is 0.723. The van der Waals surface area contributed by atoms with Gasteiger partial charge in [0.25, 0.3) is 0 Å². The lowest BCUT2D eigenvalue weighted by Crippen LogP contribution is -2.28. The molecule has 21 heavy (non-hydrogen) atoms. The van der Waals surface area contributed by atoms with Crippen LogP contribution in [0.5, 0.6) is 0 Å². The van der Waals surface area contributed by atoms with Gasteiger partial charge in [0, 0.05) is 18.4 Å². The van der Waals surface area contributed by atoms with Crippen LogP contribution in [0.4, 0.5) is 0 Å². The second kappa shape index (κ2) is 5.69. The highest BCUT2D eigenvalue weighted by Gasteiger charge is 2.25. The third-order valence-electron chi connectivity index (χ3n) is 3.85. The van der Waals surface area contributed by atoms with Crippen LogP contribution < -0.4 is 0 Å². The number of hydrogen-bond acceptors (Lipinski definition) is 2. The van der Waals surface area contributed by atoms with Crippen molar-refractivity contribution in [1.82, 2.24) is 0 Å². The maximum Gasteiger partial charge on any atom is 0.134 e. The predicted octanol–water partition coefficient (Wildman–Crippen LogP) is 5.01. The molecule has 0 fully saturated rings. The van der Waals surface area contributed by atoms with Crippen molar-refractivity contribution in [2.24, 2.45) is 0 Å². The summed E-state index contributed by atoms with van der Waals surface area (Å²) in [5.74, 6) is 2.13. The van der Waals surface area contributed by atoms with Gasteiger partial charge in [-0.15, -0.1) is 0 Å². The largest absolute Gasteiger partial charge is 0.461 e. The Kier molecular flexibility index (Phi) is 3.90. The summed E-state index contributed by atoms with van der Waals surface area (Å²) in [5, 5.41) is 0. The molecular weight excluding hydrogens is 260 g/mol. The Bertz CT molecular complexity index is 590. The highest BCUT2D eigenvalue weighted by molar-refractivity contribution is 5.58. The van der Waals surface area contributed by atoms with Gasteiger partial charge in [-0.05, 0) is 45.2 Å². The molecular formula is C19H24O2. The van der Waals surface area contributed by atoms with E-state index in [0.29, 0.717) is 6.10 Å². The second-order valence-electron chi connectivity index (χ2n) is 6.87. The van der Waals surface area contributed by atoms with E-state index in [1.54, 1.807) is 0 Å². The van der Waals surface area contributed by atoms with Crippen LogP contribution >= 0.6 is 0 Å². The zero-order valence-electron chi connectivity index (χ0n) is 13.2. The first-order valence-corrected chi connectivity index (χ1v) is 7.86. The van der Waals surface area contributed by atoms with Crippen LogP contribution in [0.1, 0.15) is 44.9 Å². The SMILES string of the molecule is CC(C)(C)O[C@@H]1CCCc2oc(-c3ccccc3)cc2C1. The van der Waals surface area contributed by atoms with Gasteiger partial charge < -0.3 is 9.15 Å². The van der Waals surface area contributed by atoms with E-state index >= 15 is 0 Å².